The molecule has 94 valence electrons. The van der Waals surface area contributed by atoms with Gasteiger partial charge in [0.05, 0.1) is 5.69 Å². The number of hydrogen-bond donors (Lipinski definition) is 0. The summed E-state index contributed by atoms with van der Waals surface area (Å²) >= 11 is 0. The first-order chi connectivity index (χ1) is 8.01. The standard InChI is InChI=1S/C14H22N2O/c1-6-15(7-2)16(13(5)17)14-10-11(3)8-9-12(14)4/h8-10H,6-7H2,1-5H3. The molecule has 0 radical (unpaired) electrons. The van der Waals surface area contributed by atoms with Gasteiger partial charge in [-0.2, -0.15) is 0 Å². The van der Waals surface area contributed by atoms with Crippen LogP contribution in [0.1, 0.15) is 31.9 Å². The zero-order chi connectivity index (χ0) is 13.0. The summed E-state index contributed by atoms with van der Waals surface area (Å²) in [6.45, 7) is 11.5. The Balaban J connectivity index is 3.22. The highest BCUT2D eigenvalue weighted by molar-refractivity contribution is 5.91. The van der Waals surface area contributed by atoms with Crippen LogP contribution in [0.2, 0.25) is 0 Å². The lowest BCUT2D eigenvalue weighted by atomic mass is 10.1. The highest BCUT2D eigenvalue weighted by atomic mass is 16.2. The number of amides is 1. The lowest BCUT2D eigenvalue weighted by Crippen LogP contribution is -2.46. The average molecular weight is 234 g/mol. The number of aryl methyl sites for hydroxylation is 2. The smallest absolute Gasteiger partial charge is 0.238 e. The molecule has 1 aromatic rings. The van der Waals surface area contributed by atoms with Crippen molar-refractivity contribution in [2.75, 3.05) is 18.1 Å². The summed E-state index contributed by atoms with van der Waals surface area (Å²) in [5, 5.41) is 3.83. The van der Waals surface area contributed by atoms with E-state index in [1.54, 1.807) is 11.9 Å². The second-order valence-electron chi connectivity index (χ2n) is 4.26. The molecule has 0 heterocycles. The van der Waals surface area contributed by atoms with Crippen LogP contribution in [0.3, 0.4) is 0 Å². The van der Waals surface area contributed by atoms with Crippen molar-refractivity contribution in [2.45, 2.75) is 34.6 Å². The maximum Gasteiger partial charge on any atom is 0.238 e. The first-order valence-corrected chi connectivity index (χ1v) is 6.14. The highest BCUT2D eigenvalue weighted by Gasteiger charge is 2.19. The molecule has 0 saturated carbocycles. The molecule has 0 N–H and O–H groups in total. The number of rotatable bonds is 4. The van der Waals surface area contributed by atoms with E-state index in [0.717, 1.165) is 24.3 Å². The van der Waals surface area contributed by atoms with Gasteiger partial charge in [-0.1, -0.05) is 26.0 Å². The first-order valence-electron chi connectivity index (χ1n) is 6.14. The molecular formula is C14H22N2O. The van der Waals surface area contributed by atoms with Gasteiger partial charge in [0.25, 0.3) is 0 Å². The highest BCUT2D eigenvalue weighted by Crippen LogP contribution is 2.23. The summed E-state index contributed by atoms with van der Waals surface area (Å²) < 4.78 is 0. The predicted octanol–water partition coefficient (Wildman–Crippen LogP) is 2.91. The van der Waals surface area contributed by atoms with Gasteiger partial charge in [0.15, 0.2) is 0 Å². The molecule has 0 aliphatic rings. The molecule has 0 saturated heterocycles. The number of nitrogens with zero attached hydrogens (tertiary/aromatic N) is 2. The molecule has 1 rings (SSSR count). The van der Waals surface area contributed by atoms with E-state index in [1.165, 1.54) is 5.56 Å². The fraction of sp³-hybridized carbons (Fsp3) is 0.500. The Kier molecular flexibility index (Phi) is 4.70. The van der Waals surface area contributed by atoms with Crippen LogP contribution in [-0.2, 0) is 4.79 Å². The summed E-state index contributed by atoms with van der Waals surface area (Å²) in [4.78, 5) is 11.9. The Morgan fingerprint density at radius 3 is 2.24 bits per heavy atom. The number of carbonyl (C=O) groups excluding carboxylic acids is 1. The van der Waals surface area contributed by atoms with Gasteiger partial charge in [0, 0.05) is 20.0 Å². The Labute approximate surface area is 104 Å². The van der Waals surface area contributed by atoms with E-state index in [2.05, 4.69) is 32.0 Å². The lowest BCUT2D eigenvalue weighted by molar-refractivity contribution is -0.119. The summed E-state index contributed by atoms with van der Waals surface area (Å²) in [6, 6.07) is 6.19. The third-order valence-corrected chi connectivity index (χ3v) is 2.90. The zero-order valence-corrected chi connectivity index (χ0v) is 11.4. The van der Waals surface area contributed by atoms with Crippen molar-refractivity contribution >= 4 is 11.6 Å². The van der Waals surface area contributed by atoms with Crippen LogP contribution in [0, 0.1) is 13.8 Å². The maximum atomic E-state index is 11.9. The van der Waals surface area contributed by atoms with Gasteiger partial charge >= 0.3 is 0 Å². The number of hydrogen-bond acceptors (Lipinski definition) is 2. The van der Waals surface area contributed by atoms with Gasteiger partial charge in [0.1, 0.15) is 0 Å². The Bertz CT molecular complexity index is 397. The molecule has 0 spiro atoms. The maximum absolute atomic E-state index is 11.9. The molecule has 3 heteroatoms. The number of anilines is 1. The van der Waals surface area contributed by atoms with Gasteiger partial charge < -0.3 is 0 Å². The average Bonchev–Trinajstić information content (AvgIpc) is 2.29. The molecule has 1 aromatic carbocycles. The molecule has 0 unspecified atom stereocenters. The molecule has 17 heavy (non-hydrogen) atoms. The van der Waals surface area contributed by atoms with Crippen molar-refractivity contribution < 1.29 is 4.79 Å². The van der Waals surface area contributed by atoms with Crippen LogP contribution in [-0.4, -0.2) is 24.0 Å². The quantitative estimate of drug-likeness (QED) is 0.748. The van der Waals surface area contributed by atoms with Gasteiger partial charge in [0.2, 0.25) is 5.91 Å². The monoisotopic (exact) mass is 234 g/mol. The van der Waals surface area contributed by atoms with Crippen molar-refractivity contribution in [3.8, 4) is 0 Å². The number of hydrazine groups is 1. The molecule has 0 bridgehead atoms. The van der Waals surface area contributed by atoms with Crippen LogP contribution in [0.4, 0.5) is 5.69 Å². The van der Waals surface area contributed by atoms with E-state index < -0.39 is 0 Å². The summed E-state index contributed by atoms with van der Waals surface area (Å²) in [7, 11) is 0. The fourth-order valence-electron chi connectivity index (χ4n) is 1.98. The van der Waals surface area contributed by atoms with Crippen LogP contribution in [0.15, 0.2) is 18.2 Å². The minimum absolute atomic E-state index is 0.0578. The summed E-state index contributed by atoms with van der Waals surface area (Å²) in [6.07, 6.45) is 0. The van der Waals surface area contributed by atoms with E-state index >= 15 is 0 Å². The molecule has 0 aromatic heterocycles. The molecule has 1 amide bonds. The number of carbonyl (C=O) groups is 1. The fourth-order valence-corrected chi connectivity index (χ4v) is 1.98. The topological polar surface area (TPSA) is 23.6 Å². The van der Waals surface area contributed by atoms with Crippen molar-refractivity contribution in [3.63, 3.8) is 0 Å². The van der Waals surface area contributed by atoms with Crippen LogP contribution in [0.25, 0.3) is 0 Å². The summed E-state index contributed by atoms with van der Waals surface area (Å²) in [5.41, 5.74) is 3.28. The number of benzene rings is 1. The molecule has 0 aliphatic heterocycles. The Morgan fingerprint density at radius 2 is 1.76 bits per heavy atom. The molecule has 0 fully saturated rings. The minimum Gasteiger partial charge on any atom is -0.273 e. The van der Waals surface area contributed by atoms with E-state index in [-0.39, 0.29) is 5.91 Å². The molecular weight excluding hydrogens is 212 g/mol. The van der Waals surface area contributed by atoms with Crippen LogP contribution in [0.5, 0.6) is 0 Å². The van der Waals surface area contributed by atoms with E-state index in [4.69, 9.17) is 0 Å². The Hall–Kier alpha value is -1.35. The van der Waals surface area contributed by atoms with Gasteiger partial charge in [-0.15, -0.1) is 0 Å². The second-order valence-corrected chi connectivity index (χ2v) is 4.26. The third-order valence-electron chi connectivity index (χ3n) is 2.90. The third kappa shape index (κ3) is 3.07. The van der Waals surface area contributed by atoms with Crippen molar-refractivity contribution in [1.29, 1.82) is 0 Å². The van der Waals surface area contributed by atoms with Crippen LogP contribution >= 0.6 is 0 Å². The summed E-state index contributed by atoms with van der Waals surface area (Å²) in [5.74, 6) is 0.0578. The van der Waals surface area contributed by atoms with Gasteiger partial charge in [-0.05, 0) is 31.0 Å². The molecule has 0 aliphatic carbocycles. The Morgan fingerprint density at radius 1 is 1.18 bits per heavy atom. The van der Waals surface area contributed by atoms with E-state index in [1.807, 2.05) is 18.9 Å². The van der Waals surface area contributed by atoms with Crippen molar-refractivity contribution in [1.82, 2.24) is 5.01 Å². The normalized spacial score (nSPS) is 10.7. The largest absolute Gasteiger partial charge is 0.273 e. The first kappa shape index (κ1) is 13.7. The SMILES string of the molecule is CCN(CC)N(C(C)=O)c1cc(C)ccc1C. The lowest BCUT2D eigenvalue weighted by Gasteiger charge is -2.33. The van der Waals surface area contributed by atoms with Gasteiger partial charge in [-0.25, -0.2) is 10.0 Å². The van der Waals surface area contributed by atoms with E-state index in [9.17, 15) is 4.79 Å². The van der Waals surface area contributed by atoms with Gasteiger partial charge in [-0.3, -0.25) is 4.79 Å². The zero-order valence-electron chi connectivity index (χ0n) is 11.4. The predicted molar refractivity (Wildman–Crippen MR) is 72.0 cm³/mol. The minimum atomic E-state index is 0.0578. The molecule has 0 atom stereocenters. The van der Waals surface area contributed by atoms with Crippen LogP contribution < -0.4 is 5.01 Å². The van der Waals surface area contributed by atoms with Crippen molar-refractivity contribution in [2.24, 2.45) is 0 Å². The van der Waals surface area contributed by atoms with E-state index in [0.29, 0.717) is 0 Å². The molecule has 3 nitrogen and oxygen atoms in total. The second kappa shape index (κ2) is 5.82. The van der Waals surface area contributed by atoms with Crippen molar-refractivity contribution in [3.05, 3.63) is 29.3 Å².